The van der Waals surface area contributed by atoms with Crippen molar-refractivity contribution < 1.29 is 9.59 Å². The molecule has 0 bridgehead atoms. The van der Waals surface area contributed by atoms with Crippen LogP contribution in [0.25, 0.3) is 0 Å². The Balaban J connectivity index is 3.04. The molecule has 0 spiro atoms. The van der Waals surface area contributed by atoms with E-state index >= 15 is 0 Å². The molecule has 2 atom stereocenters. The van der Waals surface area contributed by atoms with E-state index in [4.69, 9.17) is 0 Å². The molecule has 1 aliphatic carbocycles. The lowest BCUT2D eigenvalue weighted by atomic mass is 9.70. The molecule has 13 heavy (non-hydrogen) atoms. The van der Waals surface area contributed by atoms with Gasteiger partial charge in [0.2, 0.25) is 0 Å². The molecule has 0 aromatic carbocycles. The number of carbonyl (C=O) groups excluding carboxylic acids is 2. The standard InChI is InChI=1S/C11H18O2/c1-8(13)11(4)6-5-10(2,3)9(11)7-12/h7,9H,5-6H2,1-4H3. The highest BCUT2D eigenvalue weighted by molar-refractivity contribution is 5.86. The summed E-state index contributed by atoms with van der Waals surface area (Å²) in [7, 11) is 0. The van der Waals surface area contributed by atoms with Crippen LogP contribution in [-0.2, 0) is 9.59 Å². The zero-order valence-corrected chi connectivity index (χ0v) is 8.89. The minimum atomic E-state index is -0.411. The first-order valence-electron chi connectivity index (χ1n) is 4.81. The lowest BCUT2D eigenvalue weighted by Gasteiger charge is -2.31. The number of rotatable bonds is 2. The van der Waals surface area contributed by atoms with E-state index in [9.17, 15) is 9.59 Å². The van der Waals surface area contributed by atoms with Crippen LogP contribution >= 0.6 is 0 Å². The van der Waals surface area contributed by atoms with Crippen LogP contribution in [-0.4, -0.2) is 12.1 Å². The molecule has 0 radical (unpaired) electrons. The Morgan fingerprint density at radius 2 is 1.85 bits per heavy atom. The average molecular weight is 182 g/mol. The van der Waals surface area contributed by atoms with Crippen molar-refractivity contribution in [2.75, 3.05) is 0 Å². The first kappa shape index (κ1) is 10.4. The van der Waals surface area contributed by atoms with Gasteiger partial charge in [0.15, 0.2) is 0 Å². The highest BCUT2D eigenvalue weighted by Crippen LogP contribution is 2.53. The second-order valence-corrected chi connectivity index (χ2v) is 5.08. The number of hydrogen-bond acceptors (Lipinski definition) is 2. The van der Waals surface area contributed by atoms with Crippen LogP contribution in [0.2, 0.25) is 0 Å². The van der Waals surface area contributed by atoms with Crippen molar-refractivity contribution in [3.8, 4) is 0 Å². The van der Waals surface area contributed by atoms with Crippen molar-refractivity contribution in [2.24, 2.45) is 16.7 Å². The van der Waals surface area contributed by atoms with E-state index in [1.165, 1.54) is 0 Å². The minimum Gasteiger partial charge on any atom is -0.303 e. The van der Waals surface area contributed by atoms with Gasteiger partial charge in [0, 0.05) is 11.3 Å². The summed E-state index contributed by atoms with van der Waals surface area (Å²) in [6.45, 7) is 7.65. The highest BCUT2D eigenvalue weighted by Gasteiger charge is 2.52. The molecule has 1 rings (SSSR count). The maximum absolute atomic E-state index is 11.5. The number of carbonyl (C=O) groups is 2. The Morgan fingerprint density at radius 3 is 2.15 bits per heavy atom. The fourth-order valence-electron chi connectivity index (χ4n) is 2.48. The first-order valence-corrected chi connectivity index (χ1v) is 4.81. The van der Waals surface area contributed by atoms with Gasteiger partial charge in [-0.1, -0.05) is 20.8 Å². The second-order valence-electron chi connectivity index (χ2n) is 5.08. The number of hydrogen-bond donors (Lipinski definition) is 0. The van der Waals surface area contributed by atoms with Crippen LogP contribution < -0.4 is 0 Å². The predicted octanol–water partition coefficient (Wildman–Crippen LogP) is 2.22. The van der Waals surface area contributed by atoms with Gasteiger partial charge in [-0.3, -0.25) is 4.79 Å². The molecule has 74 valence electrons. The molecule has 0 aromatic heterocycles. The number of Topliss-reactive ketones (excluding diaryl/α,β-unsaturated/α-hetero) is 1. The lowest BCUT2D eigenvalue weighted by Crippen LogP contribution is -2.36. The molecule has 0 aliphatic heterocycles. The number of ketones is 1. The van der Waals surface area contributed by atoms with Crippen LogP contribution in [0.15, 0.2) is 0 Å². The van der Waals surface area contributed by atoms with Crippen LogP contribution in [0.5, 0.6) is 0 Å². The van der Waals surface area contributed by atoms with Crippen molar-refractivity contribution >= 4 is 12.1 Å². The van der Waals surface area contributed by atoms with E-state index in [0.29, 0.717) is 0 Å². The molecule has 2 heteroatoms. The van der Waals surface area contributed by atoms with Crippen LogP contribution in [0.1, 0.15) is 40.5 Å². The summed E-state index contributed by atoms with van der Waals surface area (Å²) in [5.74, 6) is 0.0349. The summed E-state index contributed by atoms with van der Waals surface area (Å²) in [4.78, 5) is 22.5. The van der Waals surface area contributed by atoms with Gasteiger partial charge in [0.1, 0.15) is 12.1 Å². The fraction of sp³-hybridized carbons (Fsp3) is 0.818. The Bertz CT molecular complexity index is 242. The van der Waals surface area contributed by atoms with Gasteiger partial charge in [0.05, 0.1) is 0 Å². The van der Waals surface area contributed by atoms with Crippen molar-refractivity contribution in [1.82, 2.24) is 0 Å². The average Bonchev–Trinajstić information content (AvgIpc) is 2.24. The van der Waals surface area contributed by atoms with E-state index in [0.717, 1.165) is 19.1 Å². The molecule has 1 aliphatic rings. The second kappa shape index (κ2) is 2.93. The van der Waals surface area contributed by atoms with Gasteiger partial charge in [-0.2, -0.15) is 0 Å². The molecule has 0 amide bonds. The largest absolute Gasteiger partial charge is 0.303 e. The minimum absolute atomic E-state index is 0.0117. The van der Waals surface area contributed by atoms with Gasteiger partial charge in [-0.15, -0.1) is 0 Å². The molecule has 0 saturated heterocycles. The summed E-state index contributed by atoms with van der Waals surface area (Å²) in [6, 6.07) is 0. The van der Waals surface area contributed by atoms with E-state index in [2.05, 4.69) is 13.8 Å². The molecule has 0 aromatic rings. The Kier molecular flexibility index (Phi) is 2.35. The topological polar surface area (TPSA) is 34.1 Å². The molecule has 1 fully saturated rings. The lowest BCUT2D eigenvalue weighted by molar-refractivity contribution is -0.133. The Hall–Kier alpha value is -0.660. The van der Waals surface area contributed by atoms with Crippen LogP contribution in [0.4, 0.5) is 0 Å². The Morgan fingerprint density at radius 1 is 1.31 bits per heavy atom. The summed E-state index contributed by atoms with van der Waals surface area (Å²) in [6.07, 6.45) is 2.78. The van der Waals surface area contributed by atoms with Gasteiger partial charge in [-0.25, -0.2) is 0 Å². The maximum atomic E-state index is 11.5. The molecule has 1 saturated carbocycles. The van der Waals surface area contributed by atoms with E-state index in [1.54, 1.807) is 6.92 Å². The third kappa shape index (κ3) is 1.43. The summed E-state index contributed by atoms with van der Waals surface area (Å²) < 4.78 is 0. The van der Waals surface area contributed by atoms with E-state index < -0.39 is 5.41 Å². The van der Waals surface area contributed by atoms with Crippen molar-refractivity contribution in [1.29, 1.82) is 0 Å². The van der Waals surface area contributed by atoms with Crippen molar-refractivity contribution in [3.05, 3.63) is 0 Å². The van der Waals surface area contributed by atoms with Gasteiger partial charge in [0.25, 0.3) is 0 Å². The van der Waals surface area contributed by atoms with E-state index in [1.807, 2.05) is 6.92 Å². The Labute approximate surface area is 79.7 Å². The SMILES string of the molecule is CC(=O)C1(C)CCC(C)(C)C1C=O. The smallest absolute Gasteiger partial charge is 0.136 e. The molecule has 2 unspecified atom stereocenters. The number of aldehydes is 1. The molecular formula is C11H18O2. The van der Waals surface area contributed by atoms with Gasteiger partial charge < -0.3 is 4.79 Å². The third-order valence-electron chi connectivity index (χ3n) is 3.76. The molecule has 0 N–H and O–H groups in total. The van der Waals surface area contributed by atoms with Gasteiger partial charge >= 0.3 is 0 Å². The summed E-state index contributed by atoms with van der Waals surface area (Å²) in [5, 5.41) is 0. The zero-order chi connectivity index (χ0) is 10.3. The fourth-order valence-corrected chi connectivity index (χ4v) is 2.48. The molecule has 2 nitrogen and oxygen atoms in total. The quantitative estimate of drug-likeness (QED) is 0.614. The monoisotopic (exact) mass is 182 g/mol. The van der Waals surface area contributed by atoms with E-state index in [-0.39, 0.29) is 17.1 Å². The molecule has 0 heterocycles. The van der Waals surface area contributed by atoms with Crippen molar-refractivity contribution in [2.45, 2.75) is 40.5 Å². The highest BCUT2D eigenvalue weighted by atomic mass is 16.1. The maximum Gasteiger partial charge on any atom is 0.136 e. The first-order chi connectivity index (χ1) is 5.84. The van der Waals surface area contributed by atoms with Gasteiger partial charge in [-0.05, 0) is 25.2 Å². The third-order valence-corrected chi connectivity index (χ3v) is 3.76. The van der Waals surface area contributed by atoms with Crippen LogP contribution in [0, 0.1) is 16.7 Å². The van der Waals surface area contributed by atoms with Crippen molar-refractivity contribution in [3.63, 3.8) is 0 Å². The summed E-state index contributed by atoms with van der Waals surface area (Å²) >= 11 is 0. The zero-order valence-electron chi connectivity index (χ0n) is 8.89. The predicted molar refractivity (Wildman–Crippen MR) is 51.4 cm³/mol. The molecular weight excluding hydrogens is 164 g/mol. The van der Waals surface area contributed by atoms with Crippen LogP contribution in [0.3, 0.4) is 0 Å². The summed E-state index contributed by atoms with van der Waals surface area (Å²) in [5.41, 5.74) is -0.423. The normalized spacial score (nSPS) is 37.4.